The van der Waals surface area contributed by atoms with Crippen molar-refractivity contribution < 1.29 is 19.2 Å². The second kappa shape index (κ2) is 65.5. The summed E-state index contributed by atoms with van der Waals surface area (Å²) in [6.07, 6.45) is 59.6. The van der Waals surface area contributed by atoms with E-state index >= 15 is 0 Å². The highest BCUT2D eigenvalue weighted by Crippen LogP contribution is 2.26. The molecule has 0 saturated carbocycles. The summed E-state index contributed by atoms with van der Waals surface area (Å²) in [5.74, 6) is 0. The van der Waals surface area contributed by atoms with Gasteiger partial charge in [-0.25, -0.2) is 4.57 Å². The smallest absolute Gasteiger partial charge is 0.330 e. The third-order valence-corrected chi connectivity index (χ3v) is 11.6. The van der Waals surface area contributed by atoms with Gasteiger partial charge in [-0.05, 0) is 45.8 Å². The van der Waals surface area contributed by atoms with Crippen LogP contribution < -0.4 is 17.2 Å². The maximum atomic E-state index is 8.88. The highest BCUT2D eigenvalue weighted by atomic mass is 31.2. The second-order valence-electron chi connectivity index (χ2n) is 18.3. The Morgan fingerprint density at radius 2 is 0.460 bits per heavy atom. The van der Waals surface area contributed by atoms with E-state index in [9.17, 15) is 0 Å². The molecule has 0 amide bonds. The van der Waals surface area contributed by atoms with Gasteiger partial charge in [0.05, 0.1) is 0 Å². The van der Waals surface area contributed by atoms with Crippen LogP contribution >= 0.6 is 7.82 Å². The number of unbranched alkanes of at least 4 members (excludes halogenated alkanes) is 39. The van der Waals surface area contributed by atoms with Crippen LogP contribution in [0.15, 0.2) is 30.3 Å². The average Bonchev–Trinajstić information content (AvgIpc) is 3.26. The van der Waals surface area contributed by atoms with E-state index in [0.717, 1.165) is 19.6 Å². The lowest BCUT2D eigenvalue weighted by molar-refractivity contribution is 0.275. The van der Waals surface area contributed by atoms with Crippen molar-refractivity contribution in [3.8, 4) is 0 Å². The minimum Gasteiger partial charge on any atom is -0.330 e. The molecule has 0 radical (unpaired) electrons. The van der Waals surface area contributed by atoms with Gasteiger partial charge in [-0.2, -0.15) is 0 Å². The van der Waals surface area contributed by atoms with Crippen molar-refractivity contribution in [1.29, 1.82) is 0 Å². The summed E-state index contributed by atoms with van der Waals surface area (Å²) in [7, 11) is -4.64. The maximum absolute atomic E-state index is 8.88. The van der Waals surface area contributed by atoms with Gasteiger partial charge in [0.15, 0.2) is 0 Å². The number of hydrogen-bond donors (Lipinski definition) is 6. The zero-order valence-electron chi connectivity index (χ0n) is 43.1. The van der Waals surface area contributed by atoms with Crippen LogP contribution in [0.2, 0.25) is 0 Å². The van der Waals surface area contributed by atoms with Crippen molar-refractivity contribution in [3.63, 3.8) is 0 Å². The van der Waals surface area contributed by atoms with E-state index in [1.807, 2.05) is 18.2 Å². The van der Waals surface area contributed by atoms with Crippen molar-refractivity contribution in [2.75, 3.05) is 19.6 Å². The maximum Gasteiger partial charge on any atom is 0.466 e. The number of aryl methyl sites for hydroxylation is 1. The summed E-state index contributed by atoms with van der Waals surface area (Å²) < 4.78 is 8.88. The lowest BCUT2D eigenvalue weighted by Crippen LogP contribution is -1.97. The first kappa shape index (κ1) is 68.8. The Balaban J connectivity index is -0.000000365. The fourth-order valence-electron chi connectivity index (χ4n) is 7.55. The minimum atomic E-state index is -4.64. The molecule has 0 aliphatic carbocycles. The average molecular weight is 915 g/mol. The van der Waals surface area contributed by atoms with E-state index in [1.54, 1.807) is 0 Å². The molecule has 63 heavy (non-hydrogen) atoms. The first-order valence-corrected chi connectivity index (χ1v) is 29.1. The fourth-order valence-corrected chi connectivity index (χ4v) is 7.55. The molecule has 0 unspecified atom stereocenters. The molecule has 380 valence electrons. The molecule has 0 aliphatic rings. The second-order valence-corrected chi connectivity index (χ2v) is 19.3. The van der Waals surface area contributed by atoms with Crippen molar-refractivity contribution in [2.24, 2.45) is 17.2 Å². The van der Waals surface area contributed by atoms with Gasteiger partial charge in [-0.1, -0.05) is 307 Å². The zero-order chi connectivity index (χ0) is 47.4. The first-order chi connectivity index (χ1) is 30.6. The molecule has 0 spiro atoms. The molecule has 0 bridgehead atoms. The monoisotopic (exact) mass is 914 g/mol. The summed E-state index contributed by atoms with van der Waals surface area (Å²) in [4.78, 5) is 21.6. The van der Waals surface area contributed by atoms with Crippen LogP contribution in [0.4, 0.5) is 0 Å². The molecule has 7 nitrogen and oxygen atoms in total. The van der Waals surface area contributed by atoms with Crippen LogP contribution in [0.3, 0.4) is 0 Å². The standard InChI is InChI=1S/3C16H35N.C7H8.H3O4P/c3*1-2-3-4-5-6-7-8-9-10-11-12-13-14-15-16-17;1-7-5-3-2-4-6-7;1-5(2,3)4/h3*2-17H2,1H3;2-6H,1H3;(H3,1,2,3,4). The van der Waals surface area contributed by atoms with Gasteiger partial charge >= 0.3 is 7.82 Å². The topological polar surface area (TPSA) is 156 Å². The number of rotatable bonds is 42. The van der Waals surface area contributed by atoms with E-state index in [1.165, 1.54) is 275 Å². The molecule has 1 aromatic rings. The van der Waals surface area contributed by atoms with Crippen molar-refractivity contribution in [3.05, 3.63) is 35.9 Å². The van der Waals surface area contributed by atoms with Crippen molar-refractivity contribution in [2.45, 2.75) is 297 Å². The van der Waals surface area contributed by atoms with Crippen LogP contribution in [-0.2, 0) is 4.57 Å². The lowest BCUT2D eigenvalue weighted by atomic mass is 10.0. The van der Waals surface area contributed by atoms with E-state index in [2.05, 4.69) is 39.8 Å². The molecular weight excluding hydrogens is 798 g/mol. The quantitative estimate of drug-likeness (QED) is 0.0282. The van der Waals surface area contributed by atoms with Crippen LogP contribution in [0.25, 0.3) is 0 Å². The number of benzene rings is 1. The molecule has 1 aromatic carbocycles. The largest absolute Gasteiger partial charge is 0.466 e. The summed E-state index contributed by atoms with van der Waals surface area (Å²) in [5.41, 5.74) is 17.7. The van der Waals surface area contributed by atoms with Gasteiger partial charge in [-0.15, -0.1) is 0 Å². The van der Waals surface area contributed by atoms with Crippen LogP contribution in [0.1, 0.15) is 296 Å². The van der Waals surface area contributed by atoms with E-state index < -0.39 is 7.82 Å². The predicted octanol–water partition coefficient (Wildman–Crippen LogP) is 17.3. The number of phosphoric acid groups is 1. The molecular formula is C55H116N3O4P. The summed E-state index contributed by atoms with van der Waals surface area (Å²) in [6, 6.07) is 10.3. The summed E-state index contributed by atoms with van der Waals surface area (Å²) in [6.45, 7) is 11.6. The first-order valence-electron chi connectivity index (χ1n) is 27.5. The third kappa shape index (κ3) is 88.6. The molecule has 0 atom stereocenters. The minimum absolute atomic E-state index is 0.873. The molecule has 0 fully saturated rings. The number of hydrogen-bond acceptors (Lipinski definition) is 4. The van der Waals surface area contributed by atoms with Gasteiger partial charge in [0.1, 0.15) is 0 Å². The normalized spacial score (nSPS) is 10.8. The Morgan fingerprint density at radius 1 is 0.317 bits per heavy atom. The van der Waals surface area contributed by atoms with Crippen molar-refractivity contribution in [1.82, 2.24) is 0 Å². The molecule has 0 saturated heterocycles. The van der Waals surface area contributed by atoms with Crippen LogP contribution in [0, 0.1) is 6.92 Å². The van der Waals surface area contributed by atoms with Crippen LogP contribution in [0.5, 0.6) is 0 Å². The van der Waals surface area contributed by atoms with E-state index in [-0.39, 0.29) is 0 Å². The third-order valence-electron chi connectivity index (χ3n) is 11.6. The highest BCUT2D eigenvalue weighted by molar-refractivity contribution is 7.45. The molecule has 8 heteroatoms. The predicted molar refractivity (Wildman–Crippen MR) is 284 cm³/mol. The van der Waals surface area contributed by atoms with Gasteiger partial charge in [-0.3, -0.25) is 0 Å². The summed E-state index contributed by atoms with van der Waals surface area (Å²) in [5, 5.41) is 0. The Morgan fingerprint density at radius 3 is 0.571 bits per heavy atom. The molecule has 1 rings (SSSR count). The van der Waals surface area contributed by atoms with E-state index in [4.69, 9.17) is 36.4 Å². The van der Waals surface area contributed by atoms with Gasteiger partial charge in [0.25, 0.3) is 0 Å². The molecule has 0 heterocycles. The summed E-state index contributed by atoms with van der Waals surface area (Å²) >= 11 is 0. The van der Waals surface area contributed by atoms with Gasteiger partial charge < -0.3 is 31.9 Å². The fraction of sp³-hybridized carbons (Fsp3) is 0.891. The van der Waals surface area contributed by atoms with Gasteiger partial charge in [0, 0.05) is 0 Å². The van der Waals surface area contributed by atoms with Gasteiger partial charge in [0.2, 0.25) is 0 Å². The van der Waals surface area contributed by atoms with Crippen molar-refractivity contribution >= 4 is 7.82 Å². The number of nitrogens with two attached hydrogens (primary N) is 3. The van der Waals surface area contributed by atoms with E-state index in [0.29, 0.717) is 0 Å². The molecule has 9 N–H and O–H groups in total. The zero-order valence-corrected chi connectivity index (χ0v) is 44.0. The SMILES string of the molecule is CCCCCCCCCCCCCCCCN.CCCCCCCCCCCCCCCCN.CCCCCCCCCCCCCCCCN.Cc1ccccc1.O=P(O)(O)O. The molecule has 0 aromatic heterocycles. The Kier molecular flexibility index (Phi) is 71.5. The molecule has 0 aliphatic heterocycles. The van der Waals surface area contributed by atoms with Crippen LogP contribution in [-0.4, -0.2) is 34.3 Å². The highest BCUT2D eigenvalue weighted by Gasteiger charge is 2.00. The Hall–Kier alpha value is -0.790. The Bertz CT molecular complexity index is 799. The Labute approximate surface area is 395 Å². The lowest BCUT2D eigenvalue weighted by Gasteiger charge is -2.02.